The van der Waals surface area contributed by atoms with Gasteiger partial charge in [-0.15, -0.1) is 0 Å². The number of nitrogens with one attached hydrogen (secondary N) is 1. The number of rotatable bonds is 4. The van der Waals surface area contributed by atoms with Crippen LogP contribution in [0.25, 0.3) is 5.65 Å². The number of aromatic nitrogens is 2. The van der Waals surface area contributed by atoms with Crippen molar-refractivity contribution < 1.29 is 14.7 Å². The molecule has 6 heteroatoms. The molecule has 2 heterocycles. The fourth-order valence-corrected chi connectivity index (χ4v) is 3.27. The van der Waals surface area contributed by atoms with Crippen LogP contribution < -0.4 is 5.32 Å². The van der Waals surface area contributed by atoms with Crippen LogP contribution >= 0.6 is 0 Å². The molecule has 0 unspecified atom stereocenters. The van der Waals surface area contributed by atoms with Crippen LogP contribution in [0.15, 0.2) is 30.6 Å². The van der Waals surface area contributed by atoms with E-state index in [0.29, 0.717) is 12.1 Å². The van der Waals surface area contributed by atoms with Crippen LogP contribution in [0.4, 0.5) is 0 Å². The summed E-state index contributed by atoms with van der Waals surface area (Å²) in [4.78, 5) is 28.1. The average Bonchev–Trinajstić information content (AvgIpc) is 2.76. The summed E-state index contributed by atoms with van der Waals surface area (Å²) in [5.41, 5.74) is 1.49. The minimum Gasteiger partial charge on any atom is -0.481 e. The van der Waals surface area contributed by atoms with Crippen molar-refractivity contribution in [3.63, 3.8) is 0 Å². The first kappa shape index (κ1) is 15.5. The molecular weight excluding hydrogens is 294 g/mol. The van der Waals surface area contributed by atoms with Crippen molar-refractivity contribution >= 4 is 17.5 Å². The molecule has 0 saturated heterocycles. The molecule has 2 N–H and O–H groups in total. The predicted octanol–water partition coefficient (Wildman–Crippen LogP) is 2.03. The van der Waals surface area contributed by atoms with Gasteiger partial charge >= 0.3 is 5.97 Å². The number of carboxylic acids is 1. The lowest BCUT2D eigenvalue weighted by Crippen LogP contribution is -2.43. The van der Waals surface area contributed by atoms with Crippen LogP contribution in [0, 0.1) is 5.92 Å². The lowest BCUT2D eigenvalue weighted by atomic mass is 9.94. The topological polar surface area (TPSA) is 83.7 Å². The Morgan fingerprint density at radius 3 is 2.87 bits per heavy atom. The first-order valence-corrected chi connectivity index (χ1v) is 8.08. The van der Waals surface area contributed by atoms with Crippen molar-refractivity contribution in [3.8, 4) is 0 Å². The molecule has 6 nitrogen and oxygen atoms in total. The zero-order valence-corrected chi connectivity index (χ0v) is 12.9. The van der Waals surface area contributed by atoms with Gasteiger partial charge in [0.05, 0.1) is 18.0 Å². The number of imidazole rings is 1. The maximum Gasteiger partial charge on any atom is 0.308 e. The third-order valence-electron chi connectivity index (χ3n) is 4.44. The average molecular weight is 315 g/mol. The Balaban J connectivity index is 1.66. The molecule has 0 bridgehead atoms. The van der Waals surface area contributed by atoms with Gasteiger partial charge in [-0.2, -0.15) is 0 Å². The summed E-state index contributed by atoms with van der Waals surface area (Å²) >= 11 is 0. The van der Waals surface area contributed by atoms with Crippen molar-refractivity contribution in [2.75, 3.05) is 0 Å². The molecule has 2 atom stereocenters. The Bertz CT molecular complexity index is 677. The number of fused-ring (bicyclic) bond motifs is 1. The maximum absolute atomic E-state index is 12.3. The normalized spacial score (nSPS) is 21.7. The van der Waals surface area contributed by atoms with Crippen LogP contribution in [0.2, 0.25) is 0 Å². The largest absolute Gasteiger partial charge is 0.481 e. The molecule has 2 aromatic heterocycles. The zero-order chi connectivity index (χ0) is 16.2. The highest BCUT2D eigenvalue weighted by atomic mass is 16.4. The van der Waals surface area contributed by atoms with E-state index < -0.39 is 11.9 Å². The number of aliphatic carboxylic acids is 1. The quantitative estimate of drug-likeness (QED) is 0.846. The van der Waals surface area contributed by atoms with Crippen molar-refractivity contribution in [2.24, 2.45) is 5.92 Å². The number of hydrogen-bond donors (Lipinski definition) is 2. The van der Waals surface area contributed by atoms with E-state index in [4.69, 9.17) is 0 Å². The second-order valence-electron chi connectivity index (χ2n) is 6.13. The van der Waals surface area contributed by atoms with Gasteiger partial charge in [0.15, 0.2) is 0 Å². The van der Waals surface area contributed by atoms with Crippen LogP contribution in [0.5, 0.6) is 0 Å². The SMILES string of the molecule is O=C(Cc1cn2ccccc2n1)N[C@H]1CCCCC[C@H]1C(=O)O. The highest BCUT2D eigenvalue weighted by Gasteiger charge is 2.30. The molecule has 3 rings (SSSR count). The van der Waals surface area contributed by atoms with Crippen LogP contribution in [0.1, 0.15) is 37.8 Å². The van der Waals surface area contributed by atoms with E-state index in [1.165, 1.54) is 0 Å². The van der Waals surface area contributed by atoms with Gasteiger partial charge in [-0.05, 0) is 25.0 Å². The van der Waals surface area contributed by atoms with E-state index in [0.717, 1.165) is 31.3 Å². The monoisotopic (exact) mass is 315 g/mol. The van der Waals surface area contributed by atoms with Gasteiger partial charge < -0.3 is 14.8 Å². The Morgan fingerprint density at radius 1 is 1.26 bits per heavy atom. The summed E-state index contributed by atoms with van der Waals surface area (Å²) in [7, 11) is 0. The molecule has 2 aromatic rings. The summed E-state index contributed by atoms with van der Waals surface area (Å²) in [5, 5.41) is 12.3. The second kappa shape index (κ2) is 6.81. The zero-order valence-electron chi connectivity index (χ0n) is 12.9. The van der Waals surface area contributed by atoms with E-state index in [1.54, 1.807) is 0 Å². The number of nitrogens with zero attached hydrogens (tertiary/aromatic N) is 2. The van der Waals surface area contributed by atoms with E-state index >= 15 is 0 Å². The minimum absolute atomic E-state index is 0.161. The lowest BCUT2D eigenvalue weighted by molar-refractivity contribution is -0.143. The smallest absolute Gasteiger partial charge is 0.308 e. The Morgan fingerprint density at radius 2 is 2.09 bits per heavy atom. The first-order chi connectivity index (χ1) is 11.1. The predicted molar refractivity (Wildman–Crippen MR) is 85.0 cm³/mol. The first-order valence-electron chi connectivity index (χ1n) is 8.08. The summed E-state index contributed by atoms with van der Waals surface area (Å²) < 4.78 is 1.87. The van der Waals surface area contributed by atoms with E-state index in [1.807, 2.05) is 35.0 Å². The summed E-state index contributed by atoms with van der Waals surface area (Å²) in [5.74, 6) is -1.46. The van der Waals surface area contributed by atoms with E-state index in [2.05, 4.69) is 10.3 Å². The van der Waals surface area contributed by atoms with Crippen LogP contribution in [-0.4, -0.2) is 32.4 Å². The minimum atomic E-state index is -0.815. The standard InChI is InChI=1S/C17H21N3O3/c21-16(10-12-11-20-9-5-4-8-15(20)18-12)19-14-7-3-1-2-6-13(14)17(22)23/h4-5,8-9,11,13-14H,1-3,6-7,10H2,(H,19,21)(H,22,23)/t13-,14+/m1/s1. The molecule has 1 aliphatic rings. The van der Waals surface area contributed by atoms with Gasteiger partial charge in [0.25, 0.3) is 0 Å². The molecule has 0 aromatic carbocycles. The molecule has 1 aliphatic carbocycles. The number of carbonyl (C=O) groups is 2. The molecule has 23 heavy (non-hydrogen) atoms. The number of pyridine rings is 1. The molecule has 122 valence electrons. The molecule has 0 radical (unpaired) electrons. The summed E-state index contributed by atoms with van der Waals surface area (Å²) in [6.07, 6.45) is 8.15. The number of carbonyl (C=O) groups excluding carboxylic acids is 1. The van der Waals surface area contributed by atoms with E-state index in [-0.39, 0.29) is 18.4 Å². The molecule has 1 saturated carbocycles. The summed E-state index contributed by atoms with van der Waals surface area (Å²) in [6, 6.07) is 5.41. The van der Waals surface area contributed by atoms with Gasteiger partial charge in [0.2, 0.25) is 5.91 Å². The van der Waals surface area contributed by atoms with Gasteiger partial charge in [0.1, 0.15) is 5.65 Å². The van der Waals surface area contributed by atoms with Crippen molar-refractivity contribution in [3.05, 3.63) is 36.3 Å². The van der Waals surface area contributed by atoms with Crippen molar-refractivity contribution in [1.82, 2.24) is 14.7 Å². The Labute approximate surface area is 134 Å². The van der Waals surface area contributed by atoms with Crippen LogP contribution in [-0.2, 0) is 16.0 Å². The highest BCUT2D eigenvalue weighted by Crippen LogP contribution is 2.24. The Hall–Kier alpha value is -2.37. The molecule has 0 aliphatic heterocycles. The van der Waals surface area contributed by atoms with Crippen molar-refractivity contribution in [2.45, 2.75) is 44.6 Å². The maximum atomic E-state index is 12.3. The lowest BCUT2D eigenvalue weighted by Gasteiger charge is -2.22. The fraction of sp³-hybridized carbons (Fsp3) is 0.471. The van der Waals surface area contributed by atoms with Gasteiger partial charge in [-0.1, -0.05) is 25.3 Å². The third-order valence-corrected chi connectivity index (χ3v) is 4.44. The molecular formula is C17H21N3O3. The Kier molecular flexibility index (Phi) is 4.60. The highest BCUT2D eigenvalue weighted by molar-refractivity contribution is 5.80. The third kappa shape index (κ3) is 3.70. The van der Waals surface area contributed by atoms with E-state index in [9.17, 15) is 14.7 Å². The number of amides is 1. The number of hydrogen-bond acceptors (Lipinski definition) is 3. The van der Waals surface area contributed by atoms with Crippen LogP contribution in [0.3, 0.4) is 0 Å². The van der Waals surface area contributed by atoms with Crippen molar-refractivity contribution in [1.29, 1.82) is 0 Å². The van der Waals surface area contributed by atoms with Gasteiger partial charge in [-0.3, -0.25) is 9.59 Å². The second-order valence-corrected chi connectivity index (χ2v) is 6.13. The molecule has 1 fully saturated rings. The summed E-state index contributed by atoms with van der Waals surface area (Å²) in [6.45, 7) is 0. The molecule has 1 amide bonds. The number of carboxylic acid groups (broad SMARTS) is 1. The fourth-order valence-electron chi connectivity index (χ4n) is 3.27. The van der Waals surface area contributed by atoms with Gasteiger partial charge in [-0.25, -0.2) is 4.98 Å². The van der Waals surface area contributed by atoms with Gasteiger partial charge in [0, 0.05) is 18.4 Å². The molecule has 0 spiro atoms.